The van der Waals surface area contributed by atoms with Crippen molar-refractivity contribution in [3.05, 3.63) is 64.4 Å². The van der Waals surface area contributed by atoms with Gasteiger partial charge in [-0.1, -0.05) is 23.7 Å². The van der Waals surface area contributed by atoms with Crippen molar-refractivity contribution in [2.24, 2.45) is 0 Å². The average Bonchev–Trinajstić information content (AvgIpc) is 2.57. The molecular weight excluding hydrogens is 357 g/mol. The van der Waals surface area contributed by atoms with Crippen LogP contribution < -0.4 is 0 Å². The summed E-state index contributed by atoms with van der Waals surface area (Å²) in [6, 6.07) is 9.57. The first-order valence-corrected chi connectivity index (χ1v) is 8.66. The molecular formula is C16H15ClFNO4S. The predicted octanol–water partition coefficient (Wildman–Crippen LogP) is 3.09. The second-order valence-corrected chi connectivity index (χ2v) is 7.43. The first-order valence-electron chi connectivity index (χ1n) is 6.85. The van der Waals surface area contributed by atoms with Crippen LogP contribution in [0.1, 0.15) is 15.9 Å². The van der Waals surface area contributed by atoms with Gasteiger partial charge in [-0.05, 0) is 30.3 Å². The number of halogens is 2. The van der Waals surface area contributed by atoms with Crippen molar-refractivity contribution in [1.29, 1.82) is 0 Å². The molecule has 0 amide bonds. The second kappa shape index (κ2) is 7.29. The normalized spacial score (nSPS) is 11.5. The number of hydrogen-bond acceptors (Lipinski definition) is 4. The zero-order valence-corrected chi connectivity index (χ0v) is 14.6. The van der Waals surface area contributed by atoms with Crippen molar-refractivity contribution < 1.29 is 22.3 Å². The quantitative estimate of drug-likeness (QED) is 0.758. The molecule has 0 unspecified atom stereocenters. The maximum absolute atomic E-state index is 13.9. The average molecular weight is 372 g/mol. The Bertz CT molecular complexity index is 850. The molecule has 0 aliphatic rings. The fourth-order valence-corrected chi connectivity index (χ4v) is 3.48. The van der Waals surface area contributed by atoms with E-state index in [-0.39, 0.29) is 27.6 Å². The third kappa shape index (κ3) is 3.75. The van der Waals surface area contributed by atoms with E-state index in [9.17, 15) is 17.6 Å². The number of nitrogens with zero attached hydrogens (tertiary/aromatic N) is 1. The van der Waals surface area contributed by atoms with Crippen molar-refractivity contribution in [3.8, 4) is 0 Å². The Kier molecular flexibility index (Phi) is 5.58. The lowest BCUT2D eigenvalue weighted by Crippen LogP contribution is -2.27. The van der Waals surface area contributed by atoms with Gasteiger partial charge >= 0.3 is 5.97 Å². The van der Waals surface area contributed by atoms with E-state index in [0.717, 1.165) is 4.31 Å². The van der Waals surface area contributed by atoms with Crippen LogP contribution in [0.4, 0.5) is 4.39 Å². The van der Waals surface area contributed by atoms with Gasteiger partial charge in [0, 0.05) is 24.2 Å². The summed E-state index contributed by atoms with van der Waals surface area (Å²) in [5, 5.41) is 0.139. The van der Waals surface area contributed by atoms with Gasteiger partial charge in [-0.3, -0.25) is 0 Å². The molecule has 24 heavy (non-hydrogen) atoms. The van der Waals surface area contributed by atoms with E-state index >= 15 is 0 Å². The molecule has 0 radical (unpaired) electrons. The zero-order valence-electron chi connectivity index (χ0n) is 13.0. The molecule has 0 saturated heterocycles. The maximum Gasteiger partial charge on any atom is 0.337 e. The summed E-state index contributed by atoms with van der Waals surface area (Å²) in [6.07, 6.45) is 0. The van der Waals surface area contributed by atoms with Crippen LogP contribution in [0, 0.1) is 5.82 Å². The van der Waals surface area contributed by atoms with Crippen molar-refractivity contribution in [2.45, 2.75) is 11.4 Å². The predicted molar refractivity (Wildman–Crippen MR) is 87.8 cm³/mol. The molecule has 0 aliphatic heterocycles. The number of sulfonamides is 1. The number of benzene rings is 2. The summed E-state index contributed by atoms with van der Waals surface area (Å²) in [7, 11) is -1.42. The minimum Gasteiger partial charge on any atom is -0.465 e. The molecule has 0 spiro atoms. The molecule has 0 aliphatic carbocycles. The molecule has 8 heteroatoms. The van der Waals surface area contributed by atoms with Crippen LogP contribution in [-0.2, 0) is 21.3 Å². The number of rotatable bonds is 5. The van der Waals surface area contributed by atoms with Crippen LogP contribution >= 0.6 is 11.6 Å². The Morgan fingerprint density at radius 1 is 1.25 bits per heavy atom. The van der Waals surface area contributed by atoms with Gasteiger partial charge in [0.15, 0.2) is 0 Å². The van der Waals surface area contributed by atoms with E-state index in [0.29, 0.717) is 0 Å². The van der Waals surface area contributed by atoms with Crippen LogP contribution in [0.3, 0.4) is 0 Å². The van der Waals surface area contributed by atoms with E-state index in [2.05, 4.69) is 4.74 Å². The number of carbonyl (C=O) groups excluding carboxylic acids is 1. The number of ether oxygens (including phenoxy) is 1. The first-order chi connectivity index (χ1) is 11.3. The van der Waals surface area contributed by atoms with Gasteiger partial charge in [0.2, 0.25) is 10.0 Å². The fourth-order valence-electron chi connectivity index (χ4n) is 2.07. The van der Waals surface area contributed by atoms with Gasteiger partial charge in [-0.2, -0.15) is 4.31 Å². The Hall–Kier alpha value is -1.96. The van der Waals surface area contributed by atoms with Crippen LogP contribution in [0.15, 0.2) is 47.4 Å². The summed E-state index contributed by atoms with van der Waals surface area (Å²) >= 11 is 5.93. The smallest absolute Gasteiger partial charge is 0.337 e. The summed E-state index contributed by atoms with van der Waals surface area (Å²) in [5.74, 6) is -1.24. The van der Waals surface area contributed by atoms with Crippen molar-refractivity contribution in [2.75, 3.05) is 14.2 Å². The number of methoxy groups -OCH3 is 1. The molecule has 0 saturated carbocycles. The van der Waals surface area contributed by atoms with Crippen LogP contribution in [0.25, 0.3) is 0 Å². The summed E-state index contributed by atoms with van der Waals surface area (Å²) in [6.45, 7) is -0.240. The lowest BCUT2D eigenvalue weighted by atomic mass is 10.2. The highest BCUT2D eigenvalue weighted by Crippen LogP contribution is 2.24. The Balaban J connectivity index is 2.35. The molecule has 2 aromatic carbocycles. The van der Waals surface area contributed by atoms with E-state index in [1.807, 2.05) is 0 Å². The Morgan fingerprint density at radius 2 is 1.92 bits per heavy atom. The standard InChI is InChI=1S/C16H15ClFNO4S/c1-19(10-13-14(17)7-4-8-15(13)18)24(21,22)12-6-3-5-11(9-12)16(20)23-2/h3-9H,10H2,1-2H3. The van der Waals surface area contributed by atoms with Gasteiger partial charge in [-0.25, -0.2) is 17.6 Å². The van der Waals surface area contributed by atoms with Gasteiger partial charge in [0.25, 0.3) is 0 Å². The van der Waals surface area contributed by atoms with Crippen molar-refractivity contribution in [1.82, 2.24) is 4.31 Å². The summed E-state index contributed by atoms with van der Waals surface area (Å²) in [5.41, 5.74) is 0.185. The van der Waals surface area contributed by atoms with Crippen LogP contribution in [0.5, 0.6) is 0 Å². The fraction of sp³-hybridized carbons (Fsp3) is 0.188. The lowest BCUT2D eigenvalue weighted by Gasteiger charge is -2.18. The topological polar surface area (TPSA) is 63.7 Å². The zero-order chi connectivity index (χ0) is 17.9. The molecule has 2 aromatic rings. The number of esters is 1. The molecule has 0 heterocycles. The highest BCUT2D eigenvalue weighted by molar-refractivity contribution is 7.89. The monoisotopic (exact) mass is 371 g/mol. The molecule has 2 rings (SSSR count). The van der Waals surface area contributed by atoms with E-state index in [1.54, 1.807) is 0 Å². The highest BCUT2D eigenvalue weighted by atomic mass is 35.5. The van der Waals surface area contributed by atoms with Crippen LogP contribution in [-0.4, -0.2) is 32.8 Å². The lowest BCUT2D eigenvalue weighted by molar-refractivity contribution is 0.0600. The number of carbonyl (C=O) groups is 1. The molecule has 5 nitrogen and oxygen atoms in total. The largest absolute Gasteiger partial charge is 0.465 e. The molecule has 0 aromatic heterocycles. The number of hydrogen-bond donors (Lipinski definition) is 0. The molecule has 0 fully saturated rings. The van der Waals surface area contributed by atoms with Crippen molar-refractivity contribution in [3.63, 3.8) is 0 Å². The molecule has 0 N–H and O–H groups in total. The molecule has 0 atom stereocenters. The van der Waals surface area contributed by atoms with Gasteiger partial charge in [-0.15, -0.1) is 0 Å². The van der Waals surface area contributed by atoms with Crippen LogP contribution in [0.2, 0.25) is 5.02 Å². The third-order valence-corrected chi connectivity index (χ3v) is 5.56. The first kappa shape index (κ1) is 18.4. The maximum atomic E-state index is 13.9. The minimum absolute atomic E-state index is 0.0781. The van der Waals surface area contributed by atoms with Crippen molar-refractivity contribution >= 4 is 27.6 Å². The second-order valence-electron chi connectivity index (χ2n) is 4.98. The summed E-state index contributed by atoms with van der Waals surface area (Å²) in [4.78, 5) is 11.4. The van der Waals surface area contributed by atoms with E-state index < -0.39 is 21.8 Å². The van der Waals surface area contributed by atoms with Gasteiger partial charge in [0.05, 0.1) is 17.6 Å². The highest BCUT2D eigenvalue weighted by Gasteiger charge is 2.24. The molecule has 0 bridgehead atoms. The third-order valence-electron chi connectivity index (χ3n) is 3.41. The summed E-state index contributed by atoms with van der Waals surface area (Å²) < 4.78 is 44.7. The van der Waals surface area contributed by atoms with E-state index in [1.165, 1.54) is 56.6 Å². The van der Waals surface area contributed by atoms with E-state index in [4.69, 9.17) is 11.6 Å². The Labute approximate surface area is 144 Å². The Morgan fingerprint density at radius 3 is 2.54 bits per heavy atom. The molecule has 128 valence electrons. The SMILES string of the molecule is COC(=O)c1cccc(S(=O)(=O)N(C)Cc2c(F)cccc2Cl)c1. The van der Waals surface area contributed by atoms with Gasteiger partial charge in [0.1, 0.15) is 5.82 Å². The minimum atomic E-state index is -3.93. The van der Waals surface area contributed by atoms with Gasteiger partial charge < -0.3 is 4.74 Å².